The molecule has 2 rings (SSSR count). The molecular formula is C18H22BNO6. The van der Waals surface area contributed by atoms with Crippen molar-refractivity contribution in [2.75, 3.05) is 19.5 Å². The molecule has 0 bridgehead atoms. The summed E-state index contributed by atoms with van der Waals surface area (Å²) in [7, 11) is 1.47. The summed E-state index contributed by atoms with van der Waals surface area (Å²) in [5.41, 5.74) is 0.391. The number of methoxy groups -OCH3 is 2. The number of carbonyl (C=O) groups excluding carboxylic acids is 1. The summed E-state index contributed by atoms with van der Waals surface area (Å²) in [5.74, 6) is 1.17. The zero-order valence-corrected chi connectivity index (χ0v) is 15.1. The second-order valence-corrected chi connectivity index (χ2v) is 6.13. The molecule has 1 amide bonds. The predicted molar refractivity (Wildman–Crippen MR) is 98.9 cm³/mol. The van der Waals surface area contributed by atoms with Gasteiger partial charge in [-0.15, -0.1) is 0 Å². The number of carbonyl (C=O) groups is 1. The Hall–Kier alpha value is -2.71. The zero-order valence-electron chi connectivity index (χ0n) is 15.1. The summed E-state index contributed by atoms with van der Waals surface area (Å²) in [5, 5.41) is 21.0. The molecule has 7 nitrogen and oxygen atoms in total. The molecule has 0 heterocycles. The Morgan fingerprint density at radius 2 is 1.65 bits per heavy atom. The maximum atomic E-state index is 12.3. The lowest BCUT2D eigenvalue weighted by Gasteiger charge is -2.26. The van der Waals surface area contributed by atoms with E-state index >= 15 is 0 Å². The zero-order chi connectivity index (χ0) is 19.3. The Bertz CT molecular complexity index is 756. The number of hydrogen-bond donors (Lipinski definition) is 3. The maximum absolute atomic E-state index is 12.3. The van der Waals surface area contributed by atoms with Crippen LogP contribution in [0.25, 0.3) is 0 Å². The van der Waals surface area contributed by atoms with Crippen LogP contribution in [0.15, 0.2) is 42.5 Å². The van der Waals surface area contributed by atoms with Gasteiger partial charge in [-0.25, -0.2) is 4.79 Å². The first-order valence-electron chi connectivity index (χ1n) is 7.95. The highest BCUT2D eigenvalue weighted by Gasteiger charge is 2.27. The maximum Gasteiger partial charge on any atom is 0.488 e. The van der Waals surface area contributed by atoms with Gasteiger partial charge in [0.2, 0.25) is 0 Å². The van der Waals surface area contributed by atoms with E-state index in [1.165, 1.54) is 12.1 Å². The van der Waals surface area contributed by atoms with Crippen molar-refractivity contribution < 1.29 is 29.1 Å². The van der Waals surface area contributed by atoms with E-state index < -0.39 is 18.8 Å². The van der Waals surface area contributed by atoms with Crippen LogP contribution in [0.1, 0.15) is 19.4 Å². The van der Waals surface area contributed by atoms with Crippen molar-refractivity contribution in [3.63, 3.8) is 0 Å². The fourth-order valence-corrected chi connectivity index (χ4v) is 2.37. The second-order valence-electron chi connectivity index (χ2n) is 6.13. The van der Waals surface area contributed by atoms with E-state index in [0.29, 0.717) is 22.7 Å². The van der Waals surface area contributed by atoms with Crippen LogP contribution >= 0.6 is 0 Å². The van der Waals surface area contributed by atoms with Gasteiger partial charge in [0.15, 0.2) is 0 Å². The molecule has 2 aromatic rings. The van der Waals surface area contributed by atoms with Crippen LogP contribution in [0.3, 0.4) is 0 Å². The van der Waals surface area contributed by atoms with Gasteiger partial charge in [0.25, 0.3) is 0 Å². The minimum atomic E-state index is -1.62. The fourth-order valence-electron chi connectivity index (χ4n) is 2.37. The van der Waals surface area contributed by atoms with E-state index in [1.807, 2.05) is 0 Å². The van der Waals surface area contributed by atoms with E-state index in [2.05, 4.69) is 5.32 Å². The number of ether oxygens (including phenoxy) is 3. The van der Waals surface area contributed by atoms with Gasteiger partial charge in [-0.1, -0.05) is 12.1 Å². The average Bonchev–Trinajstić information content (AvgIpc) is 2.60. The van der Waals surface area contributed by atoms with Gasteiger partial charge in [-0.05, 0) is 43.6 Å². The van der Waals surface area contributed by atoms with E-state index in [1.54, 1.807) is 58.4 Å². The van der Waals surface area contributed by atoms with Gasteiger partial charge in [0.1, 0.15) is 17.1 Å². The smallest absolute Gasteiger partial charge is 0.488 e. The van der Waals surface area contributed by atoms with Crippen LogP contribution in [-0.2, 0) is 10.3 Å². The van der Waals surface area contributed by atoms with E-state index in [0.717, 1.165) is 0 Å². The lowest BCUT2D eigenvalue weighted by molar-refractivity contribution is 0.0463. The molecule has 0 aliphatic heterocycles. The molecule has 26 heavy (non-hydrogen) atoms. The van der Waals surface area contributed by atoms with E-state index in [9.17, 15) is 14.8 Å². The monoisotopic (exact) mass is 359 g/mol. The van der Waals surface area contributed by atoms with Crippen molar-refractivity contribution in [2.24, 2.45) is 0 Å². The van der Waals surface area contributed by atoms with Crippen molar-refractivity contribution in [2.45, 2.75) is 19.4 Å². The highest BCUT2D eigenvalue weighted by Crippen LogP contribution is 2.32. The number of rotatable bonds is 6. The number of amides is 1. The molecule has 8 heteroatoms. The molecule has 0 aliphatic carbocycles. The quantitative estimate of drug-likeness (QED) is 0.682. The normalized spacial score (nSPS) is 10.8. The first-order valence-corrected chi connectivity index (χ1v) is 7.95. The largest absolute Gasteiger partial charge is 0.497 e. The minimum absolute atomic E-state index is 0.264. The number of hydrogen-bond acceptors (Lipinski definition) is 6. The molecule has 0 spiro atoms. The van der Waals surface area contributed by atoms with Crippen LogP contribution in [-0.4, -0.2) is 37.5 Å². The molecule has 0 aliphatic rings. The number of anilines is 1. The van der Waals surface area contributed by atoms with Gasteiger partial charge in [-0.3, -0.25) is 5.32 Å². The fraction of sp³-hybridized carbons (Fsp3) is 0.278. The molecule has 0 fully saturated rings. The van der Waals surface area contributed by atoms with Gasteiger partial charge in [-0.2, -0.15) is 0 Å². The van der Waals surface area contributed by atoms with Crippen LogP contribution < -0.4 is 20.3 Å². The molecule has 0 radical (unpaired) electrons. The first-order chi connectivity index (χ1) is 12.2. The average molecular weight is 359 g/mol. The topological polar surface area (TPSA) is 97.3 Å². The molecule has 3 N–H and O–H groups in total. The lowest BCUT2D eigenvalue weighted by atomic mass is 9.80. The van der Waals surface area contributed by atoms with Crippen LogP contribution in [0.4, 0.5) is 10.5 Å². The van der Waals surface area contributed by atoms with Crippen molar-refractivity contribution in [3.8, 4) is 11.5 Å². The highest BCUT2D eigenvalue weighted by molar-refractivity contribution is 6.58. The summed E-state index contributed by atoms with van der Waals surface area (Å²) >= 11 is 0. The van der Waals surface area contributed by atoms with Crippen molar-refractivity contribution in [1.29, 1.82) is 0 Å². The molecule has 0 saturated carbocycles. The van der Waals surface area contributed by atoms with E-state index in [-0.39, 0.29) is 5.46 Å². The lowest BCUT2D eigenvalue weighted by Crippen LogP contribution is -2.31. The van der Waals surface area contributed by atoms with Crippen molar-refractivity contribution in [1.82, 2.24) is 0 Å². The Morgan fingerprint density at radius 3 is 2.19 bits per heavy atom. The molecule has 0 atom stereocenters. The summed E-state index contributed by atoms with van der Waals surface area (Å²) in [4.78, 5) is 12.3. The third-order valence-electron chi connectivity index (χ3n) is 3.83. The Kier molecular flexibility index (Phi) is 6.12. The third-order valence-corrected chi connectivity index (χ3v) is 3.83. The molecule has 0 unspecified atom stereocenters. The SMILES string of the molecule is COc1cc(OC)cc(C(C)(C)OC(=O)Nc2cccc(B(O)O)c2)c1. The van der Waals surface area contributed by atoms with Crippen LogP contribution in [0.2, 0.25) is 0 Å². The van der Waals surface area contributed by atoms with Gasteiger partial charge in [0.05, 0.1) is 14.2 Å². The van der Waals surface area contributed by atoms with Gasteiger partial charge in [0, 0.05) is 17.3 Å². The van der Waals surface area contributed by atoms with Crippen LogP contribution in [0, 0.1) is 0 Å². The molecular weight excluding hydrogens is 337 g/mol. The molecule has 2 aromatic carbocycles. The summed E-state index contributed by atoms with van der Waals surface area (Å²) in [6, 6.07) is 11.5. The first kappa shape index (κ1) is 19.6. The third kappa shape index (κ3) is 4.90. The molecule has 0 aromatic heterocycles. The van der Waals surface area contributed by atoms with Crippen LogP contribution in [0.5, 0.6) is 11.5 Å². The van der Waals surface area contributed by atoms with E-state index in [4.69, 9.17) is 14.2 Å². The Labute approximate surface area is 152 Å². The summed E-state index contributed by atoms with van der Waals surface area (Å²) < 4.78 is 16.0. The Balaban J connectivity index is 2.15. The van der Waals surface area contributed by atoms with Gasteiger partial charge >= 0.3 is 13.2 Å². The summed E-state index contributed by atoms with van der Waals surface area (Å²) in [6.07, 6.45) is -0.679. The highest BCUT2D eigenvalue weighted by atomic mass is 16.6. The standard InChI is InChI=1S/C18H22BNO6/c1-18(2,12-8-15(24-3)11-16(9-12)25-4)26-17(21)20-14-7-5-6-13(10-14)19(22)23/h5-11,22-23H,1-4H3,(H,20,21). The van der Waals surface area contributed by atoms with Crippen molar-refractivity contribution >= 4 is 24.4 Å². The Morgan fingerprint density at radius 1 is 1.04 bits per heavy atom. The minimum Gasteiger partial charge on any atom is -0.497 e. The second kappa shape index (κ2) is 8.12. The molecule has 0 saturated heterocycles. The molecule has 138 valence electrons. The number of benzene rings is 2. The number of nitrogens with one attached hydrogen (secondary N) is 1. The summed E-state index contributed by atoms with van der Waals surface area (Å²) in [6.45, 7) is 3.49. The van der Waals surface area contributed by atoms with Crippen molar-refractivity contribution in [3.05, 3.63) is 48.0 Å². The van der Waals surface area contributed by atoms with Gasteiger partial charge < -0.3 is 24.3 Å². The predicted octanol–water partition coefficient (Wildman–Crippen LogP) is 1.87.